The molecule has 0 heterocycles. The van der Waals surface area contributed by atoms with Crippen LogP contribution in [0.1, 0.15) is 5.56 Å². The van der Waals surface area contributed by atoms with E-state index in [1.165, 1.54) is 12.1 Å². The first-order valence-electron chi connectivity index (χ1n) is 7.38. The molecule has 0 radical (unpaired) electrons. The van der Waals surface area contributed by atoms with Crippen molar-refractivity contribution in [1.29, 1.82) is 0 Å². The number of hydrogen-bond donors (Lipinski definition) is 1. The van der Waals surface area contributed by atoms with Gasteiger partial charge >= 0.3 is 17.4 Å². The zero-order valence-corrected chi connectivity index (χ0v) is 14.2. The van der Waals surface area contributed by atoms with Crippen LogP contribution in [0.5, 0.6) is 0 Å². The molecule has 10 heteroatoms. The third kappa shape index (κ3) is 4.94. The highest BCUT2D eigenvalue weighted by Gasteiger charge is 2.73. The van der Waals surface area contributed by atoms with Crippen molar-refractivity contribution in [3.05, 3.63) is 60.2 Å². The summed E-state index contributed by atoms with van der Waals surface area (Å²) in [6, 6.07) is 12.9. The molecule has 2 rings (SSSR count). The Balaban J connectivity index is 2.19. The lowest BCUT2D eigenvalue weighted by atomic mass is 10.1. The van der Waals surface area contributed by atoms with E-state index in [2.05, 4.69) is 5.32 Å². The Bertz CT molecular complexity index is 793. The van der Waals surface area contributed by atoms with Crippen molar-refractivity contribution in [3.63, 3.8) is 0 Å². The van der Waals surface area contributed by atoms with Crippen LogP contribution in [0.4, 0.5) is 36.4 Å². The van der Waals surface area contributed by atoms with E-state index in [-0.39, 0.29) is 12.1 Å². The number of alkyl halides is 7. The molecule has 0 atom stereocenters. The highest BCUT2D eigenvalue weighted by molar-refractivity contribution is 8.00. The van der Waals surface area contributed by atoms with Crippen molar-refractivity contribution in [2.75, 3.05) is 5.32 Å². The molecule has 2 aromatic carbocycles. The van der Waals surface area contributed by atoms with E-state index in [0.29, 0.717) is 5.56 Å². The van der Waals surface area contributed by atoms with Crippen LogP contribution in [0.25, 0.3) is 0 Å². The molecular formula is C17H12F7NOS. The first-order valence-corrected chi connectivity index (χ1v) is 8.20. The van der Waals surface area contributed by atoms with E-state index in [1.807, 2.05) is 0 Å². The van der Waals surface area contributed by atoms with Crippen LogP contribution in [0.3, 0.4) is 0 Å². The third-order valence-electron chi connectivity index (χ3n) is 3.33. The van der Waals surface area contributed by atoms with Crippen molar-refractivity contribution < 1.29 is 35.5 Å². The van der Waals surface area contributed by atoms with E-state index in [0.717, 1.165) is 12.1 Å². The molecule has 0 unspecified atom stereocenters. The van der Waals surface area contributed by atoms with Gasteiger partial charge in [0.1, 0.15) is 0 Å². The van der Waals surface area contributed by atoms with E-state index >= 15 is 0 Å². The predicted octanol–water partition coefficient (Wildman–Crippen LogP) is 5.75. The minimum Gasteiger partial charge on any atom is -0.325 e. The highest BCUT2D eigenvalue weighted by atomic mass is 32.2. The lowest BCUT2D eigenvalue weighted by Crippen LogP contribution is -2.49. The quantitative estimate of drug-likeness (QED) is 0.485. The van der Waals surface area contributed by atoms with Crippen LogP contribution in [-0.4, -0.2) is 23.3 Å². The van der Waals surface area contributed by atoms with E-state index in [9.17, 15) is 35.5 Å². The second kappa shape index (κ2) is 7.79. The molecule has 0 saturated heterocycles. The molecule has 27 heavy (non-hydrogen) atoms. The van der Waals surface area contributed by atoms with Crippen molar-refractivity contribution >= 4 is 23.4 Å². The van der Waals surface area contributed by atoms with E-state index in [1.54, 1.807) is 30.3 Å². The minimum atomic E-state index is -6.42. The maximum absolute atomic E-state index is 13.6. The molecule has 146 valence electrons. The molecule has 0 aromatic heterocycles. The number of hydrogen-bond acceptors (Lipinski definition) is 2. The zero-order valence-electron chi connectivity index (χ0n) is 13.4. The number of para-hydroxylation sites is 1. The number of carbonyl (C=O) groups is 1. The third-order valence-corrected chi connectivity index (χ3v) is 4.42. The summed E-state index contributed by atoms with van der Waals surface area (Å²) in [5, 5.41) is -3.21. The average molecular weight is 411 g/mol. The van der Waals surface area contributed by atoms with Crippen molar-refractivity contribution in [1.82, 2.24) is 0 Å². The largest absolute Gasteiger partial charge is 0.460 e. The number of carbonyl (C=O) groups excluding carboxylic acids is 1. The van der Waals surface area contributed by atoms with Crippen LogP contribution < -0.4 is 5.32 Å². The normalized spacial score (nSPS) is 12.7. The summed E-state index contributed by atoms with van der Waals surface area (Å²) in [4.78, 5) is 11.4. The molecule has 0 saturated carbocycles. The molecule has 0 fully saturated rings. The molecule has 0 aliphatic rings. The van der Waals surface area contributed by atoms with Gasteiger partial charge in [-0.15, -0.1) is 0 Å². The molecule has 0 aliphatic carbocycles. The van der Waals surface area contributed by atoms with Crippen molar-refractivity contribution in [3.8, 4) is 0 Å². The first kappa shape index (κ1) is 21.1. The number of rotatable bonds is 6. The van der Waals surface area contributed by atoms with Crippen molar-refractivity contribution in [2.45, 2.75) is 28.7 Å². The standard InChI is InChI=1S/C17H12F7NOS/c18-15(19,16(20,21)22)17(23,24)27-13-9-5-4-8-12(13)25-14(26)10-11-6-2-1-3-7-11/h1-9H,10H2,(H,25,26). The topological polar surface area (TPSA) is 29.1 Å². The van der Waals surface area contributed by atoms with E-state index < -0.39 is 39.9 Å². The summed E-state index contributed by atoms with van der Waals surface area (Å²) < 4.78 is 90.3. The van der Waals surface area contributed by atoms with Crippen LogP contribution >= 0.6 is 11.8 Å². The molecule has 0 aliphatic heterocycles. The number of halogens is 7. The predicted molar refractivity (Wildman–Crippen MR) is 87.0 cm³/mol. The summed E-state index contributed by atoms with van der Waals surface area (Å²) in [7, 11) is 0. The number of anilines is 1. The molecule has 1 N–H and O–H groups in total. The van der Waals surface area contributed by atoms with Gasteiger partial charge in [-0.2, -0.15) is 30.7 Å². The molecule has 0 bridgehead atoms. The van der Waals surface area contributed by atoms with Gasteiger partial charge in [0.15, 0.2) is 0 Å². The second-order valence-corrected chi connectivity index (χ2v) is 6.55. The lowest BCUT2D eigenvalue weighted by molar-refractivity contribution is -0.330. The smallest absolute Gasteiger partial charge is 0.325 e. The summed E-state index contributed by atoms with van der Waals surface area (Å²) in [6.45, 7) is 0. The van der Waals surface area contributed by atoms with E-state index in [4.69, 9.17) is 0 Å². The highest BCUT2D eigenvalue weighted by Crippen LogP contribution is 2.54. The molecule has 0 spiro atoms. The van der Waals surface area contributed by atoms with Gasteiger partial charge < -0.3 is 5.32 Å². The lowest BCUT2D eigenvalue weighted by Gasteiger charge is -2.28. The van der Waals surface area contributed by atoms with Gasteiger partial charge in [0.05, 0.1) is 12.1 Å². The first-order chi connectivity index (χ1) is 12.4. The number of benzene rings is 2. The second-order valence-electron chi connectivity index (χ2n) is 5.40. The summed E-state index contributed by atoms with van der Waals surface area (Å²) in [5.41, 5.74) is 0.315. The summed E-state index contributed by atoms with van der Waals surface area (Å²) in [5.74, 6) is -6.88. The fourth-order valence-electron chi connectivity index (χ4n) is 2.00. The van der Waals surface area contributed by atoms with Crippen LogP contribution in [0.2, 0.25) is 0 Å². The van der Waals surface area contributed by atoms with Crippen LogP contribution in [-0.2, 0) is 11.2 Å². The van der Waals surface area contributed by atoms with Crippen molar-refractivity contribution in [2.24, 2.45) is 0 Å². The van der Waals surface area contributed by atoms with Gasteiger partial charge in [0, 0.05) is 4.90 Å². The zero-order chi connectivity index (χ0) is 20.3. The number of nitrogens with one attached hydrogen (secondary N) is 1. The van der Waals surface area contributed by atoms with Gasteiger partial charge in [-0.25, -0.2) is 0 Å². The Hall–Kier alpha value is -2.23. The van der Waals surface area contributed by atoms with Gasteiger partial charge in [0.25, 0.3) is 0 Å². The minimum absolute atomic E-state index is 0.130. The van der Waals surface area contributed by atoms with Gasteiger partial charge in [-0.05, 0) is 29.5 Å². The molecule has 2 aromatic rings. The van der Waals surface area contributed by atoms with Gasteiger partial charge in [-0.3, -0.25) is 4.79 Å². The molecule has 2 nitrogen and oxygen atoms in total. The summed E-state index contributed by atoms with van der Waals surface area (Å²) >= 11 is -0.963. The fourth-order valence-corrected chi connectivity index (χ4v) is 2.90. The summed E-state index contributed by atoms with van der Waals surface area (Å²) in [6.07, 6.45) is -6.55. The molecule has 1 amide bonds. The Morgan fingerprint density at radius 3 is 2.00 bits per heavy atom. The van der Waals surface area contributed by atoms with Gasteiger partial charge in [-0.1, -0.05) is 42.5 Å². The average Bonchev–Trinajstić information content (AvgIpc) is 2.56. The molecular weight excluding hydrogens is 399 g/mol. The Morgan fingerprint density at radius 2 is 1.41 bits per heavy atom. The maximum atomic E-state index is 13.6. The fraction of sp³-hybridized carbons (Fsp3) is 0.235. The maximum Gasteiger partial charge on any atom is 0.460 e. The number of amides is 1. The Labute approximate surface area is 153 Å². The number of thioether (sulfide) groups is 1. The Morgan fingerprint density at radius 1 is 0.852 bits per heavy atom. The van der Waals surface area contributed by atoms with Crippen LogP contribution in [0.15, 0.2) is 59.5 Å². The SMILES string of the molecule is O=C(Cc1ccccc1)Nc1ccccc1SC(F)(F)C(F)(F)C(F)(F)F. The Kier molecular flexibility index (Phi) is 6.08. The van der Waals surface area contributed by atoms with Crippen LogP contribution in [0, 0.1) is 0 Å². The van der Waals surface area contributed by atoms with Gasteiger partial charge in [0.2, 0.25) is 5.91 Å². The monoisotopic (exact) mass is 411 g/mol.